The summed E-state index contributed by atoms with van der Waals surface area (Å²) in [6.07, 6.45) is 5.66. The second kappa shape index (κ2) is 9.77. The first-order chi connectivity index (χ1) is 18.8. The Kier molecular flexibility index (Phi) is 6.26. The minimum atomic E-state index is -1.09. The van der Waals surface area contributed by atoms with Gasteiger partial charge in [0.25, 0.3) is 5.56 Å². The van der Waals surface area contributed by atoms with Crippen LogP contribution in [0.2, 0.25) is 0 Å². The Hall–Kier alpha value is -4.32. The number of nitrogens with zero attached hydrogens (tertiary/aromatic N) is 6. The summed E-state index contributed by atoms with van der Waals surface area (Å²) in [6.45, 7) is 2.85. The summed E-state index contributed by atoms with van der Waals surface area (Å²) < 4.78 is 8.05. The SMILES string of the molecule is Cc1cc(CC(=O)Nc2cccc(-n3ncc4c(=O)n(CC5(O)CCN(C(=O)C6CC6)CC5)cnc43)c2)on1. The average molecular weight is 532 g/mol. The van der Waals surface area contributed by atoms with E-state index in [1.54, 1.807) is 37.3 Å². The summed E-state index contributed by atoms with van der Waals surface area (Å²) in [5.74, 6) is 0.553. The van der Waals surface area contributed by atoms with Gasteiger partial charge in [-0.05, 0) is 50.8 Å². The zero-order valence-corrected chi connectivity index (χ0v) is 21.5. The van der Waals surface area contributed by atoms with Crippen molar-refractivity contribution < 1.29 is 19.2 Å². The van der Waals surface area contributed by atoms with Gasteiger partial charge in [-0.3, -0.25) is 19.0 Å². The summed E-state index contributed by atoms with van der Waals surface area (Å²) in [6, 6.07) is 8.77. The van der Waals surface area contributed by atoms with Crippen molar-refractivity contribution in [2.45, 2.75) is 51.2 Å². The number of aliphatic hydroxyl groups is 1. The first kappa shape index (κ1) is 25.0. The van der Waals surface area contributed by atoms with E-state index < -0.39 is 5.60 Å². The number of carbonyl (C=O) groups is 2. The number of nitrogens with one attached hydrogen (secondary N) is 1. The molecule has 0 atom stereocenters. The standard InChI is InChI=1S/C27H29N7O5/c1-17-11-21(39-31-17)13-23(35)30-19-3-2-4-20(12-19)34-24-22(14-29-34)26(37)33(16-28-24)15-27(38)7-9-32(10-8-27)25(36)18-5-6-18/h2-4,11-12,14,16,18,38H,5-10,13,15H2,1H3,(H,30,35). The highest BCUT2D eigenvalue weighted by Crippen LogP contribution is 2.33. The number of rotatable bonds is 7. The van der Waals surface area contributed by atoms with Crippen molar-refractivity contribution in [1.82, 2.24) is 29.4 Å². The Bertz CT molecular complexity index is 1610. The van der Waals surface area contributed by atoms with Crippen LogP contribution in [0.15, 0.2) is 52.2 Å². The molecule has 1 saturated heterocycles. The topological polar surface area (TPSA) is 148 Å². The largest absolute Gasteiger partial charge is 0.388 e. The van der Waals surface area contributed by atoms with Gasteiger partial charge in [0.15, 0.2) is 5.65 Å². The lowest BCUT2D eigenvalue weighted by Crippen LogP contribution is -2.50. The van der Waals surface area contributed by atoms with E-state index in [0.29, 0.717) is 59.8 Å². The van der Waals surface area contributed by atoms with E-state index in [-0.39, 0.29) is 36.3 Å². The number of likely N-dealkylation sites (tertiary alicyclic amines) is 1. The maximum absolute atomic E-state index is 13.3. The van der Waals surface area contributed by atoms with Crippen molar-refractivity contribution in [2.75, 3.05) is 18.4 Å². The van der Waals surface area contributed by atoms with Gasteiger partial charge in [0.1, 0.15) is 17.5 Å². The molecule has 1 aliphatic heterocycles. The molecule has 6 rings (SSSR count). The molecule has 1 aromatic carbocycles. The molecule has 0 bridgehead atoms. The highest BCUT2D eigenvalue weighted by molar-refractivity contribution is 5.92. The fourth-order valence-electron chi connectivity index (χ4n) is 5.04. The summed E-state index contributed by atoms with van der Waals surface area (Å²) in [5, 5.41) is 22.5. The molecule has 2 N–H and O–H groups in total. The molecule has 3 aromatic heterocycles. The second-order valence-electron chi connectivity index (χ2n) is 10.5. The zero-order valence-electron chi connectivity index (χ0n) is 21.5. The van der Waals surface area contributed by atoms with E-state index in [4.69, 9.17) is 4.52 Å². The van der Waals surface area contributed by atoms with Gasteiger partial charge in [-0.25, -0.2) is 9.67 Å². The van der Waals surface area contributed by atoms with Crippen LogP contribution in [0.3, 0.4) is 0 Å². The quantitative estimate of drug-likeness (QED) is 0.367. The predicted molar refractivity (Wildman–Crippen MR) is 140 cm³/mol. The monoisotopic (exact) mass is 531 g/mol. The Morgan fingerprint density at radius 2 is 2.00 bits per heavy atom. The van der Waals surface area contributed by atoms with Crippen molar-refractivity contribution in [3.63, 3.8) is 0 Å². The van der Waals surface area contributed by atoms with Gasteiger partial charge >= 0.3 is 0 Å². The third kappa shape index (κ3) is 5.19. The molecule has 202 valence electrons. The number of piperidine rings is 1. The van der Waals surface area contributed by atoms with Crippen LogP contribution >= 0.6 is 0 Å². The number of hydrogen-bond acceptors (Lipinski definition) is 8. The Morgan fingerprint density at radius 3 is 2.72 bits per heavy atom. The lowest BCUT2D eigenvalue weighted by Gasteiger charge is -2.38. The van der Waals surface area contributed by atoms with E-state index in [1.807, 2.05) is 4.90 Å². The molecule has 0 radical (unpaired) electrons. The van der Waals surface area contributed by atoms with Gasteiger partial charge in [-0.15, -0.1) is 0 Å². The van der Waals surface area contributed by atoms with Crippen molar-refractivity contribution >= 4 is 28.5 Å². The lowest BCUT2D eigenvalue weighted by atomic mass is 9.91. The minimum absolute atomic E-state index is 0.0536. The van der Waals surface area contributed by atoms with Gasteiger partial charge in [-0.2, -0.15) is 5.10 Å². The molecule has 4 heterocycles. The van der Waals surface area contributed by atoms with E-state index in [9.17, 15) is 19.5 Å². The van der Waals surface area contributed by atoms with Crippen molar-refractivity contribution in [1.29, 1.82) is 0 Å². The molecule has 0 spiro atoms. The molecule has 1 saturated carbocycles. The first-order valence-electron chi connectivity index (χ1n) is 13.0. The van der Waals surface area contributed by atoms with Gasteiger partial charge in [-0.1, -0.05) is 11.2 Å². The number of carbonyl (C=O) groups excluding carboxylic acids is 2. The highest BCUT2D eigenvalue weighted by atomic mass is 16.5. The van der Waals surface area contributed by atoms with Crippen LogP contribution < -0.4 is 10.9 Å². The van der Waals surface area contributed by atoms with Crippen LogP contribution in [0.4, 0.5) is 5.69 Å². The van der Waals surface area contributed by atoms with Crippen LogP contribution in [-0.4, -0.2) is 65.0 Å². The van der Waals surface area contributed by atoms with E-state index in [0.717, 1.165) is 12.8 Å². The Labute approximate surface area is 223 Å². The summed E-state index contributed by atoms with van der Waals surface area (Å²) >= 11 is 0. The molecule has 2 amide bonds. The van der Waals surface area contributed by atoms with E-state index in [2.05, 4.69) is 20.6 Å². The molecule has 12 heteroatoms. The summed E-state index contributed by atoms with van der Waals surface area (Å²) in [5.41, 5.74) is 0.856. The molecule has 0 unspecified atom stereocenters. The number of amides is 2. The number of hydrogen-bond donors (Lipinski definition) is 2. The van der Waals surface area contributed by atoms with Crippen LogP contribution in [0.5, 0.6) is 0 Å². The predicted octanol–water partition coefficient (Wildman–Crippen LogP) is 1.82. The van der Waals surface area contributed by atoms with E-state index >= 15 is 0 Å². The van der Waals surface area contributed by atoms with Crippen LogP contribution in [0, 0.1) is 12.8 Å². The number of aryl methyl sites for hydroxylation is 1. The number of aromatic nitrogens is 5. The first-order valence-corrected chi connectivity index (χ1v) is 13.0. The van der Waals surface area contributed by atoms with Crippen LogP contribution in [-0.2, 0) is 22.6 Å². The van der Waals surface area contributed by atoms with Crippen LogP contribution in [0.25, 0.3) is 16.7 Å². The van der Waals surface area contributed by atoms with Crippen molar-refractivity contribution in [3.05, 3.63) is 64.7 Å². The summed E-state index contributed by atoms with van der Waals surface area (Å²) in [7, 11) is 0. The van der Waals surface area contributed by atoms with Gasteiger partial charge in [0.2, 0.25) is 11.8 Å². The van der Waals surface area contributed by atoms with Gasteiger partial charge in [0, 0.05) is 30.8 Å². The third-order valence-corrected chi connectivity index (χ3v) is 7.34. The van der Waals surface area contributed by atoms with Crippen molar-refractivity contribution in [3.8, 4) is 5.69 Å². The normalized spacial score (nSPS) is 16.9. The lowest BCUT2D eigenvalue weighted by molar-refractivity contribution is -0.137. The molecule has 4 aromatic rings. The fraction of sp³-hybridized carbons (Fsp3) is 0.407. The third-order valence-electron chi connectivity index (χ3n) is 7.34. The molecule has 12 nitrogen and oxygen atoms in total. The van der Waals surface area contributed by atoms with Crippen molar-refractivity contribution in [2.24, 2.45) is 5.92 Å². The molecule has 2 fully saturated rings. The fourth-order valence-corrected chi connectivity index (χ4v) is 5.04. The smallest absolute Gasteiger partial charge is 0.264 e. The number of benzene rings is 1. The average Bonchev–Trinajstić information content (AvgIpc) is 3.55. The highest BCUT2D eigenvalue weighted by Gasteiger charge is 2.39. The second-order valence-corrected chi connectivity index (χ2v) is 10.5. The summed E-state index contributed by atoms with van der Waals surface area (Å²) in [4.78, 5) is 44.4. The van der Waals surface area contributed by atoms with Gasteiger partial charge in [0.05, 0.1) is 36.1 Å². The zero-order chi connectivity index (χ0) is 27.1. The maximum Gasteiger partial charge on any atom is 0.264 e. The Balaban J connectivity index is 1.17. The van der Waals surface area contributed by atoms with Gasteiger partial charge < -0.3 is 19.8 Å². The maximum atomic E-state index is 13.3. The minimum Gasteiger partial charge on any atom is -0.388 e. The molecular formula is C27H29N7O5. The molecule has 2 aliphatic rings. The Morgan fingerprint density at radius 1 is 1.21 bits per heavy atom. The van der Waals surface area contributed by atoms with Crippen LogP contribution in [0.1, 0.15) is 37.1 Å². The van der Waals surface area contributed by atoms with E-state index in [1.165, 1.54) is 21.8 Å². The molecule has 39 heavy (non-hydrogen) atoms. The number of fused-ring (bicyclic) bond motifs is 1. The molecule has 1 aliphatic carbocycles. The molecular weight excluding hydrogens is 502 g/mol. The number of anilines is 1.